The summed E-state index contributed by atoms with van der Waals surface area (Å²) in [5.41, 5.74) is 2.11. The molecule has 1 fully saturated rings. The Morgan fingerprint density at radius 2 is 2.20 bits per heavy atom. The molecule has 3 rings (SSSR count). The standard InChI is InChI=1S/C16H23N3O/c1-11(17-12-8-9-20-16(2,3)10-12)15-18-13-6-4-5-7-14(13)19-15/h4-7,11-12,17H,8-10H2,1-3H3,(H,18,19). The van der Waals surface area contributed by atoms with Crippen molar-refractivity contribution in [1.82, 2.24) is 15.3 Å². The Labute approximate surface area is 119 Å². The Bertz CT molecular complexity index is 557. The van der Waals surface area contributed by atoms with Crippen LogP contribution in [0.1, 0.15) is 45.5 Å². The third-order valence-corrected chi connectivity index (χ3v) is 4.00. The predicted octanol–water partition coefficient (Wildman–Crippen LogP) is 3.17. The van der Waals surface area contributed by atoms with Crippen molar-refractivity contribution in [3.63, 3.8) is 0 Å². The van der Waals surface area contributed by atoms with Crippen molar-refractivity contribution >= 4 is 11.0 Å². The minimum atomic E-state index is -0.0243. The molecule has 4 nitrogen and oxygen atoms in total. The van der Waals surface area contributed by atoms with Crippen LogP contribution in [0.15, 0.2) is 24.3 Å². The fourth-order valence-electron chi connectivity index (χ4n) is 2.98. The van der Waals surface area contributed by atoms with Gasteiger partial charge in [-0.15, -0.1) is 0 Å². The molecule has 0 aliphatic carbocycles. The van der Waals surface area contributed by atoms with Crippen molar-refractivity contribution in [2.24, 2.45) is 0 Å². The minimum Gasteiger partial charge on any atom is -0.375 e. The van der Waals surface area contributed by atoms with E-state index in [1.165, 1.54) is 0 Å². The highest BCUT2D eigenvalue weighted by Crippen LogP contribution is 2.26. The van der Waals surface area contributed by atoms with E-state index in [9.17, 15) is 0 Å². The zero-order valence-electron chi connectivity index (χ0n) is 12.4. The van der Waals surface area contributed by atoms with Gasteiger partial charge in [0.05, 0.1) is 22.7 Å². The molecule has 2 N–H and O–H groups in total. The molecule has 2 unspecified atom stereocenters. The molecule has 0 amide bonds. The Hall–Kier alpha value is -1.39. The third-order valence-electron chi connectivity index (χ3n) is 4.00. The maximum Gasteiger partial charge on any atom is 0.124 e. The molecule has 0 bridgehead atoms. The molecule has 1 aliphatic rings. The topological polar surface area (TPSA) is 49.9 Å². The van der Waals surface area contributed by atoms with E-state index < -0.39 is 0 Å². The molecular weight excluding hydrogens is 250 g/mol. The van der Waals surface area contributed by atoms with Crippen LogP contribution >= 0.6 is 0 Å². The van der Waals surface area contributed by atoms with E-state index in [1.807, 2.05) is 18.2 Å². The van der Waals surface area contributed by atoms with Crippen molar-refractivity contribution in [2.45, 2.75) is 51.3 Å². The van der Waals surface area contributed by atoms with Gasteiger partial charge in [0.15, 0.2) is 0 Å². The summed E-state index contributed by atoms with van der Waals surface area (Å²) in [7, 11) is 0. The van der Waals surface area contributed by atoms with Crippen LogP contribution in [0.4, 0.5) is 0 Å². The minimum absolute atomic E-state index is 0.0243. The molecule has 1 saturated heterocycles. The molecule has 0 spiro atoms. The summed E-state index contributed by atoms with van der Waals surface area (Å²) in [6.07, 6.45) is 2.10. The lowest BCUT2D eigenvalue weighted by Crippen LogP contribution is -2.44. The number of H-pyrrole nitrogens is 1. The number of ether oxygens (including phenoxy) is 1. The number of hydrogen-bond acceptors (Lipinski definition) is 3. The number of para-hydroxylation sites is 2. The molecule has 4 heteroatoms. The maximum atomic E-state index is 5.77. The molecule has 2 heterocycles. The number of imidazole rings is 1. The van der Waals surface area contributed by atoms with Gasteiger partial charge >= 0.3 is 0 Å². The van der Waals surface area contributed by atoms with Crippen LogP contribution in [-0.4, -0.2) is 28.2 Å². The smallest absolute Gasteiger partial charge is 0.124 e. The van der Waals surface area contributed by atoms with Gasteiger partial charge in [-0.25, -0.2) is 4.98 Å². The first-order valence-corrected chi connectivity index (χ1v) is 7.38. The highest BCUT2D eigenvalue weighted by molar-refractivity contribution is 5.74. The summed E-state index contributed by atoms with van der Waals surface area (Å²) in [4.78, 5) is 8.07. The van der Waals surface area contributed by atoms with Crippen molar-refractivity contribution in [2.75, 3.05) is 6.61 Å². The summed E-state index contributed by atoms with van der Waals surface area (Å²) in [5.74, 6) is 1.01. The monoisotopic (exact) mass is 273 g/mol. The largest absolute Gasteiger partial charge is 0.375 e. The van der Waals surface area contributed by atoms with Crippen LogP contribution in [0.3, 0.4) is 0 Å². The number of nitrogens with zero attached hydrogens (tertiary/aromatic N) is 1. The first-order chi connectivity index (χ1) is 9.53. The molecule has 1 aromatic heterocycles. The molecule has 2 atom stereocenters. The average molecular weight is 273 g/mol. The highest BCUT2D eigenvalue weighted by atomic mass is 16.5. The Balaban J connectivity index is 1.71. The van der Waals surface area contributed by atoms with E-state index >= 15 is 0 Å². The molecule has 1 aliphatic heterocycles. The summed E-state index contributed by atoms with van der Waals surface area (Å²) >= 11 is 0. The number of aromatic amines is 1. The van der Waals surface area contributed by atoms with Crippen molar-refractivity contribution in [3.8, 4) is 0 Å². The summed E-state index contributed by atoms with van der Waals surface area (Å²) in [6.45, 7) is 7.32. The first-order valence-electron chi connectivity index (χ1n) is 7.38. The van der Waals surface area contributed by atoms with E-state index in [-0.39, 0.29) is 11.6 Å². The van der Waals surface area contributed by atoms with E-state index in [0.29, 0.717) is 6.04 Å². The lowest BCUT2D eigenvalue weighted by molar-refractivity contribution is -0.0640. The van der Waals surface area contributed by atoms with Crippen LogP contribution in [0.5, 0.6) is 0 Å². The van der Waals surface area contributed by atoms with Gasteiger partial charge in [0, 0.05) is 12.6 Å². The van der Waals surface area contributed by atoms with Gasteiger partial charge in [-0.3, -0.25) is 0 Å². The van der Waals surface area contributed by atoms with Crippen molar-refractivity contribution in [1.29, 1.82) is 0 Å². The van der Waals surface area contributed by atoms with Gasteiger partial charge < -0.3 is 15.0 Å². The van der Waals surface area contributed by atoms with Crippen LogP contribution in [-0.2, 0) is 4.74 Å². The third kappa shape index (κ3) is 2.86. The summed E-state index contributed by atoms with van der Waals surface area (Å²) in [6, 6.07) is 8.87. The molecule has 2 aromatic rings. The van der Waals surface area contributed by atoms with Crippen molar-refractivity contribution < 1.29 is 4.74 Å². The lowest BCUT2D eigenvalue weighted by Gasteiger charge is -2.37. The van der Waals surface area contributed by atoms with Gasteiger partial charge in [0.2, 0.25) is 0 Å². The fourth-order valence-corrected chi connectivity index (χ4v) is 2.98. The Kier molecular flexibility index (Phi) is 3.52. The highest BCUT2D eigenvalue weighted by Gasteiger charge is 2.29. The molecular formula is C16H23N3O. The predicted molar refractivity (Wildman–Crippen MR) is 80.7 cm³/mol. The number of aromatic nitrogens is 2. The van der Waals surface area contributed by atoms with Crippen LogP contribution in [0, 0.1) is 0 Å². The average Bonchev–Trinajstić information content (AvgIpc) is 2.81. The zero-order chi connectivity index (χ0) is 14.2. The van der Waals surface area contributed by atoms with Crippen LogP contribution < -0.4 is 5.32 Å². The molecule has 0 saturated carbocycles. The lowest BCUT2D eigenvalue weighted by atomic mass is 9.93. The van der Waals surface area contributed by atoms with E-state index in [2.05, 4.69) is 42.1 Å². The molecule has 0 radical (unpaired) electrons. The Morgan fingerprint density at radius 3 is 2.95 bits per heavy atom. The molecule has 108 valence electrons. The first kappa shape index (κ1) is 13.6. The quantitative estimate of drug-likeness (QED) is 0.903. The van der Waals surface area contributed by atoms with E-state index in [0.717, 1.165) is 36.3 Å². The zero-order valence-corrected chi connectivity index (χ0v) is 12.4. The van der Waals surface area contributed by atoms with Gasteiger partial charge in [0.25, 0.3) is 0 Å². The van der Waals surface area contributed by atoms with Crippen LogP contribution in [0.25, 0.3) is 11.0 Å². The van der Waals surface area contributed by atoms with Gasteiger partial charge in [-0.05, 0) is 45.7 Å². The number of nitrogens with one attached hydrogen (secondary N) is 2. The number of hydrogen-bond donors (Lipinski definition) is 2. The normalized spacial score (nSPS) is 23.9. The van der Waals surface area contributed by atoms with E-state index in [4.69, 9.17) is 4.74 Å². The molecule has 1 aromatic carbocycles. The second kappa shape index (κ2) is 5.19. The van der Waals surface area contributed by atoms with Gasteiger partial charge in [-0.2, -0.15) is 0 Å². The van der Waals surface area contributed by atoms with Crippen LogP contribution in [0.2, 0.25) is 0 Å². The number of rotatable bonds is 3. The number of fused-ring (bicyclic) bond motifs is 1. The van der Waals surface area contributed by atoms with Gasteiger partial charge in [0.1, 0.15) is 5.82 Å². The SMILES string of the molecule is CC(NC1CCOC(C)(C)C1)c1nc2ccccc2[nH]1. The van der Waals surface area contributed by atoms with Gasteiger partial charge in [-0.1, -0.05) is 12.1 Å². The molecule has 20 heavy (non-hydrogen) atoms. The maximum absolute atomic E-state index is 5.77. The number of benzene rings is 1. The summed E-state index contributed by atoms with van der Waals surface area (Å²) in [5, 5.41) is 3.68. The second-order valence-electron chi connectivity index (χ2n) is 6.33. The fraction of sp³-hybridized carbons (Fsp3) is 0.562. The summed E-state index contributed by atoms with van der Waals surface area (Å²) < 4.78 is 5.77. The van der Waals surface area contributed by atoms with Crippen molar-refractivity contribution in [3.05, 3.63) is 30.1 Å². The second-order valence-corrected chi connectivity index (χ2v) is 6.33. The van der Waals surface area contributed by atoms with E-state index in [1.54, 1.807) is 0 Å². The Morgan fingerprint density at radius 1 is 1.40 bits per heavy atom.